The van der Waals surface area contributed by atoms with Gasteiger partial charge in [-0.05, 0) is 32.6 Å². The van der Waals surface area contributed by atoms with Crippen LogP contribution in [0.5, 0.6) is 0 Å². The maximum atomic E-state index is 12.6. The van der Waals surface area contributed by atoms with E-state index in [4.69, 9.17) is 9.47 Å². The molecule has 0 aromatic carbocycles. The quantitative estimate of drug-likeness (QED) is 0.426. The van der Waals surface area contributed by atoms with Crippen LogP contribution in [0.4, 0.5) is 0 Å². The summed E-state index contributed by atoms with van der Waals surface area (Å²) in [4.78, 5) is 25.0. The van der Waals surface area contributed by atoms with Crippen LogP contribution in [0, 0.1) is 28.6 Å². The second-order valence-electron chi connectivity index (χ2n) is 6.19. The molecule has 0 aliphatic carbocycles. The number of nitrogens with zero attached hydrogens (tertiary/aromatic N) is 1. The lowest BCUT2D eigenvalue weighted by Gasteiger charge is -2.32. The molecule has 0 rings (SSSR count). The van der Waals surface area contributed by atoms with Crippen LogP contribution in [-0.4, -0.2) is 25.2 Å². The predicted molar refractivity (Wildman–Crippen MR) is 88.4 cm³/mol. The van der Waals surface area contributed by atoms with E-state index in [9.17, 15) is 14.9 Å². The van der Waals surface area contributed by atoms with Crippen molar-refractivity contribution in [1.29, 1.82) is 5.26 Å². The van der Waals surface area contributed by atoms with E-state index in [-0.39, 0.29) is 19.1 Å². The molecular formula is C18H31NO4. The van der Waals surface area contributed by atoms with Gasteiger partial charge in [0.15, 0.2) is 5.41 Å². The number of rotatable bonds is 11. The average molecular weight is 325 g/mol. The maximum Gasteiger partial charge on any atom is 0.327 e. The van der Waals surface area contributed by atoms with Crippen LogP contribution in [0.2, 0.25) is 0 Å². The SMILES string of the molecule is CCCCCC(C#N)(C(=O)OCC)C(CC(C)C)C(=O)OCC. The summed E-state index contributed by atoms with van der Waals surface area (Å²) in [6.45, 7) is 9.82. The summed E-state index contributed by atoms with van der Waals surface area (Å²) >= 11 is 0. The van der Waals surface area contributed by atoms with Crippen molar-refractivity contribution < 1.29 is 19.1 Å². The molecule has 0 bridgehead atoms. The van der Waals surface area contributed by atoms with E-state index < -0.39 is 23.3 Å². The first-order valence-electron chi connectivity index (χ1n) is 8.64. The number of nitriles is 1. The lowest BCUT2D eigenvalue weighted by Crippen LogP contribution is -2.44. The molecule has 0 spiro atoms. The molecule has 5 nitrogen and oxygen atoms in total. The van der Waals surface area contributed by atoms with Crippen LogP contribution >= 0.6 is 0 Å². The molecule has 0 amide bonds. The Kier molecular flexibility index (Phi) is 10.3. The topological polar surface area (TPSA) is 76.4 Å². The number of hydrogen-bond acceptors (Lipinski definition) is 5. The van der Waals surface area contributed by atoms with Crippen LogP contribution in [-0.2, 0) is 19.1 Å². The van der Waals surface area contributed by atoms with Gasteiger partial charge in [-0.2, -0.15) is 5.26 Å². The highest BCUT2D eigenvalue weighted by molar-refractivity contribution is 5.88. The van der Waals surface area contributed by atoms with Crippen molar-refractivity contribution in [1.82, 2.24) is 0 Å². The van der Waals surface area contributed by atoms with Gasteiger partial charge in [0.1, 0.15) is 0 Å². The Labute approximate surface area is 140 Å². The first-order valence-corrected chi connectivity index (χ1v) is 8.64. The van der Waals surface area contributed by atoms with Crippen LogP contribution in [0.25, 0.3) is 0 Å². The van der Waals surface area contributed by atoms with Gasteiger partial charge >= 0.3 is 11.9 Å². The molecular weight excluding hydrogens is 294 g/mol. The van der Waals surface area contributed by atoms with E-state index in [0.717, 1.165) is 12.8 Å². The van der Waals surface area contributed by atoms with Gasteiger partial charge in [-0.25, -0.2) is 0 Å². The molecule has 0 aliphatic rings. The minimum absolute atomic E-state index is 0.165. The Morgan fingerprint density at radius 3 is 2.13 bits per heavy atom. The molecule has 0 aromatic rings. The van der Waals surface area contributed by atoms with Crippen LogP contribution in [0.15, 0.2) is 0 Å². The van der Waals surface area contributed by atoms with Gasteiger partial charge < -0.3 is 9.47 Å². The fourth-order valence-electron chi connectivity index (χ4n) is 2.72. The fourth-order valence-corrected chi connectivity index (χ4v) is 2.72. The number of carbonyl (C=O) groups is 2. The molecule has 0 heterocycles. The standard InChI is InChI=1S/C18H31NO4/c1-6-9-10-11-18(13-19,17(21)23-8-3)15(12-14(4)5)16(20)22-7-2/h14-15H,6-12H2,1-5H3. The lowest BCUT2D eigenvalue weighted by atomic mass is 9.69. The van der Waals surface area contributed by atoms with Crippen molar-refractivity contribution in [3.05, 3.63) is 0 Å². The highest BCUT2D eigenvalue weighted by Crippen LogP contribution is 2.39. The summed E-state index contributed by atoms with van der Waals surface area (Å²) in [5, 5.41) is 9.81. The predicted octanol–water partition coefficient (Wildman–Crippen LogP) is 3.87. The molecule has 0 saturated heterocycles. The zero-order chi connectivity index (χ0) is 17.9. The third-order valence-electron chi connectivity index (χ3n) is 3.89. The molecule has 23 heavy (non-hydrogen) atoms. The second kappa shape index (κ2) is 11.0. The molecule has 132 valence electrons. The summed E-state index contributed by atoms with van der Waals surface area (Å²) in [6.07, 6.45) is 3.33. The Morgan fingerprint density at radius 1 is 1.09 bits per heavy atom. The number of ether oxygens (including phenoxy) is 2. The summed E-state index contributed by atoms with van der Waals surface area (Å²) < 4.78 is 10.3. The van der Waals surface area contributed by atoms with Crippen molar-refractivity contribution in [2.45, 2.75) is 66.7 Å². The second-order valence-corrected chi connectivity index (χ2v) is 6.19. The van der Waals surface area contributed by atoms with Gasteiger partial charge in [-0.3, -0.25) is 9.59 Å². The number of unbranched alkanes of at least 4 members (excludes halogenated alkanes) is 2. The number of hydrogen-bond donors (Lipinski definition) is 0. The largest absolute Gasteiger partial charge is 0.466 e. The molecule has 0 N–H and O–H groups in total. The molecule has 0 aliphatic heterocycles. The Morgan fingerprint density at radius 2 is 1.70 bits per heavy atom. The summed E-state index contributed by atoms with van der Waals surface area (Å²) in [5.41, 5.74) is -1.46. The Bertz CT molecular complexity index is 414. The van der Waals surface area contributed by atoms with Gasteiger partial charge in [0.2, 0.25) is 0 Å². The number of esters is 2. The van der Waals surface area contributed by atoms with Gasteiger partial charge in [0.25, 0.3) is 0 Å². The molecule has 0 saturated carbocycles. The van der Waals surface area contributed by atoms with Gasteiger partial charge in [-0.15, -0.1) is 0 Å². The van der Waals surface area contributed by atoms with Crippen molar-refractivity contribution in [2.75, 3.05) is 13.2 Å². The van der Waals surface area contributed by atoms with E-state index in [1.165, 1.54) is 0 Å². The smallest absolute Gasteiger partial charge is 0.327 e. The molecule has 5 heteroatoms. The highest BCUT2D eigenvalue weighted by Gasteiger charge is 2.51. The number of carbonyl (C=O) groups excluding carboxylic acids is 2. The Balaban J connectivity index is 5.71. The molecule has 0 radical (unpaired) electrons. The molecule has 2 unspecified atom stereocenters. The van der Waals surface area contributed by atoms with E-state index in [1.54, 1.807) is 13.8 Å². The summed E-state index contributed by atoms with van der Waals surface area (Å²) in [7, 11) is 0. The third kappa shape index (κ3) is 6.21. The monoisotopic (exact) mass is 325 g/mol. The van der Waals surface area contributed by atoms with Crippen LogP contribution < -0.4 is 0 Å². The minimum atomic E-state index is -1.46. The Hall–Kier alpha value is -1.57. The molecule has 0 fully saturated rings. The normalized spacial score (nSPS) is 14.7. The summed E-state index contributed by atoms with van der Waals surface area (Å²) in [6, 6.07) is 2.13. The average Bonchev–Trinajstić information content (AvgIpc) is 2.50. The third-order valence-corrected chi connectivity index (χ3v) is 3.89. The maximum absolute atomic E-state index is 12.6. The van der Waals surface area contributed by atoms with Crippen LogP contribution in [0.1, 0.15) is 66.7 Å². The highest BCUT2D eigenvalue weighted by atomic mass is 16.5. The van der Waals surface area contributed by atoms with E-state index in [2.05, 4.69) is 13.0 Å². The van der Waals surface area contributed by atoms with E-state index in [0.29, 0.717) is 19.3 Å². The van der Waals surface area contributed by atoms with Crippen molar-refractivity contribution in [2.24, 2.45) is 17.3 Å². The van der Waals surface area contributed by atoms with Gasteiger partial charge in [0.05, 0.1) is 25.2 Å². The van der Waals surface area contributed by atoms with E-state index >= 15 is 0 Å². The summed E-state index contributed by atoms with van der Waals surface area (Å²) in [5.74, 6) is -1.70. The van der Waals surface area contributed by atoms with Crippen molar-refractivity contribution in [3.63, 3.8) is 0 Å². The molecule has 0 aromatic heterocycles. The first kappa shape index (κ1) is 21.4. The van der Waals surface area contributed by atoms with Crippen LogP contribution in [0.3, 0.4) is 0 Å². The van der Waals surface area contributed by atoms with Crippen molar-refractivity contribution in [3.8, 4) is 6.07 Å². The van der Waals surface area contributed by atoms with Gasteiger partial charge in [-0.1, -0.05) is 40.0 Å². The fraction of sp³-hybridized carbons (Fsp3) is 0.833. The lowest BCUT2D eigenvalue weighted by molar-refractivity contribution is -0.166. The van der Waals surface area contributed by atoms with E-state index in [1.807, 2.05) is 13.8 Å². The minimum Gasteiger partial charge on any atom is -0.466 e. The van der Waals surface area contributed by atoms with Crippen molar-refractivity contribution >= 4 is 11.9 Å². The zero-order valence-corrected chi connectivity index (χ0v) is 15.2. The first-order chi connectivity index (χ1) is 10.9. The molecule has 2 atom stereocenters. The zero-order valence-electron chi connectivity index (χ0n) is 15.2. The van der Waals surface area contributed by atoms with Gasteiger partial charge in [0, 0.05) is 0 Å².